The highest BCUT2D eigenvalue weighted by Crippen LogP contribution is 2.30. The van der Waals surface area contributed by atoms with Gasteiger partial charge in [0.2, 0.25) is 0 Å². The first-order valence-electron chi connectivity index (χ1n) is 8.83. The van der Waals surface area contributed by atoms with Crippen molar-refractivity contribution in [3.05, 3.63) is 81.6 Å². The molecule has 0 aliphatic carbocycles. The Kier molecular flexibility index (Phi) is 4.60. The molecule has 2 aromatic carbocycles. The normalized spacial score (nSPS) is 14.2. The van der Waals surface area contributed by atoms with Crippen LogP contribution in [-0.4, -0.2) is 22.9 Å². The molecule has 1 aliphatic heterocycles. The molecule has 4 rings (SSSR count). The Bertz CT molecular complexity index is 884. The molecule has 0 saturated carbocycles. The van der Waals surface area contributed by atoms with Gasteiger partial charge < -0.3 is 5.32 Å². The highest BCUT2D eigenvalue weighted by atomic mass is 35.5. The van der Waals surface area contributed by atoms with Gasteiger partial charge in [-0.2, -0.15) is 5.10 Å². The number of benzene rings is 2. The number of hydrogen-bond acceptors (Lipinski definition) is 2. The molecule has 3 aromatic rings. The number of halogens is 1. The Hall–Kier alpha value is -2.10. The standard InChI is InChI=1S/C21H22ClN3/c1-15-13-18(14-16-5-3-2-4-6-16)24-25(15)21-19-10-12-23-11-9-17(19)7-8-20(21)22/h2-8,13,23H,9-12,14H2,1H3. The smallest absolute Gasteiger partial charge is 0.0870 e. The first-order chi connectivity index (χ1) is 12.2. The van der Waals surface area contributed by atoms with Gasteiger partial charge in [-0.25, -0.2) is 4.68 Å². The molecule has 0 amide bonds. The van der Waals surface area contributed by atoms with Crippen molar-refractivity contribution in [3.8, 4) is 5.69 Å². The summed E-state index contributed by atoms with van der Waals surface area (Å²) >= 11 is 6.61. The van der Waals surface area contributed by atoms with E-state index >= 15 is 0 Å². The summed E-state index contributed by atoms with van der Waals surface area (Å²) in [6.07, 6.45) is 2.86. The second kappa shape index (κ2) is 7.03. The molecule has 4 heteroatoms. The van der Waals surface area contributed by atoms with Crippen molar-refractivity contribution in [2.75, 3.05) is 13.1 Å². The van der Waals surface area contributed by atoms with Crippen molar-refractivity contribution in [1.82, 2.24) is 15.1 Å². The van der Waals surface area contributed by atoms with Crippen molar-refractivity contribution in [1.29, 1.82) is 0 Å². The lowest BCUT2D eigenvalue weighted by molar-refractivity contribution is 0.709. The number of aryl methyl sites for hydroxylation is 1. The van der Waals surface area contributed by atoms with E-state index in [1.807, 2.05) is 16.8 Å². The van der Waals surface area contributed by atoms with Gasteiger partial charge >= 0.3 is 0 Å². The quantitative estimate of drug-likeness (QED) is 0.769. The molecule has 0 spiro atoms. The number of nitrogens with zero attached hydrogens (tertiary/aromatic N) is 2. The molecular weight excluding hydrogens is 330 g/mol. The molecule has 128 valence electrons. The molecule has 0 bridgehead atoms. The second-order valence-corrected chi connectivity index (χ2v) is 7.04. The van der Waals surface area contributed by atoms with Gasteiger partial charge in [0.05, 0.1) is 16.4 Å². The maximum Gasteiger partial charge on any atom is 0.0870 e. The van der Waals surface area contributed by atoms with Crippen LogP contribution in [0.4, 0.5) is 0 Å². The highest BCUT2D eigenvalue weighted by Gasteiger charge is 2.18. The SMILES string of the molecule is Cc1cc(Cc2ccccc2)nn1-c1c(Cl)ccc2c1CCNCC2. The predicted molar refractivity (Wildman–Crippen MR) is 103 cm³/mol. The average molecular weight is 352 g/mol. The first kappa shape index (κ1) is 16.4. The van der Waals surface area contributed by atoms with Crippen molar-refractivity contribution in [3.63, 3.8) is 0 Å². The summed E-state index contributed by atoms with van der Waals surface area (Å²) in [5, 5.41) is 9.13. The summed E-state index contributed by atoms with van der Waals surface area (Å²) < 4.78 is 2.03. The van der Waals surface area contributed by atoms with Crippen molar-refractivity contribution in [2.45, 2.75) is 26.2 Å². The topological polar surface area (TPSA) is 29.9 Å². The molecule has 0 radical (unpaired) electrons. The molecule has 0 atom stereocenters. The third-order valence-electron chi connectivity index (χ3n) is 4.83. The van der Waals surface area contributed by atoms with E-state index in [4.69, 9.17) is 16.7 Å². The lowest BCUT2D eigenvalue weighted by Crippen LogP contribution is -2.16. The van der Waals surface area contributed by atoms with Crippen LogP contribution in [0.5, 0.6) is 0 Å². The number of aromatic nitrogens is 2. The Balaban J connectivity index is 1.75. The molecule has 0 fully saturated rings. The van der Waals surface area contributed by atoms with E-state index < -0.39 is 0 Å². The van der Waals surface area contributed by atoms with E-state index in [9.17, 15) is 0 Å². The number of nitrogens with one attached hydrogen (secondary N) is 1. The summed E-state index contributed by atoms with van der Waals surface area (Å²) in [6, 6.07) is 16.8. The van der Waals surface area contributed by atoms with E-state index in [1.165, 1.54) is 16.7 Å². The fourth-order valence-corrected chi connectivity index (χ4v) is 3.87. The van der Waals surface area contributed by atoms with E-state index in [0.717, 1.165) is 54.4 Å². The van der Waals surface area contributed by atoms with Crippen LogP contribution in [0.1, 0.15) is 28.1 Å². The maximum atomic E-state index is 6.61. The Morgan fingerprint density at radius 2 is 1.88 bits per heavy atom. The van der Waals surface area contributed by atoms with Gasteiger partial charge in [0.1, 0.15) is 0 Å². The molecular formula is C21H22ClN3. The third-order valence-corrected chi connectivity index (χ3v) is 5.14. The summed E-state index contributed by atoms with van der Waals surface area (Å²) in [5.74, 6) is 0. The van der Waals surface area contributed by atoms with Crippen molar-refractivity contribution >= 4 is 11.6 Å². The first-order valence-corrected chi connectivity index (χ1v) is 9.21. The minimum atomic E-state index is 0.776. The Labute approximate surface area is 153 Å². The van der Waals surface area contributed by atoms with E-state index in [-0.39, 0.29) is 0 Å². The minimum absolute atomic E-state index is 0.776. The summed E-state index contributed by atoms with van der Waals surface area (Å²) in [7, 11) is 0. The number of fused-ring (bicyclic) bond motifs is 1. The molecule has 0 saturated heterocycles. The van der Waals surface area contributed by atoms with Gasteiger partial charge in [0, 0.05) is 12.1 Å². The molecule has 25 heavy (non-hydrogen) atoms. The van der Waals surface area contributed by atoms with Crippen LogP contribution in [0.25, 0.3) is 5.69 Å². The second-order valence-electron chi connectivity index (χ2n) is 6.63. The van der Waals surface area contributed by atoms with E-state index in [1.54, 1.807) is 0 Å². The largest absolute Gasteiger partial charge is 0.316 e. The fourth-order valence-electron chi connectivity index (χ4n) is 3.61. The maximum absolute atomic E-state index is 6.61. The fraction of sp³-hybridized carbons (Fsp3) is 0.286. The van der Waals surface area contributed by atoms with Gasteiger partial charge in [0.25, 0.3) is 0 Å². The zero-order chi connectivity index (χ0) is 17.2. The molecule has 3 nitrogen and oxygen atoms in total. The van der Waals surface area contributed by atoms with Gasteiger partial charge in [0.15, 0.2) is 0 Å². The zero-order valence-corrected chi connectivity index (χ0v) is 15.2. The lowest BCUT2D eigenvalue weighted by atomic mass is 10.0. The third kappa shape index (κ3) is 3.35. The van der Waals surface area contributed by atoms with Crippen LogP contribution in [0.2, 0.25) is 5.02 Å². The number of rotatable bonds is 3. The van der Waals surface area contributed by atoms with Crippen LogP contribution in [0, 0.1) is 6.92 Å². The zero-order valence-electron chi connectivity index (χ0n) is 14.4. The highest BCUT2D eigenvalue weighted by molar-refractivity contribution is 6.32. The van der Waals surface area contributed by atoms with Crippen molar-refractivity contribution < 1.29 is 0 Å². The molecule has 2 heterocycles. The van der Waals surface area contributed by atoms with Crippen LogP contribution >= 0.6 is 11.6 Å². The molecule has 1 N–H and O–H groups in total. The summed E-state index contributed by atoms with van der Waals surface area (Å²) in [5.41, 5.74) is 7.23. The average Bonchev–Trinajstić information content (AvgIpc) is 2.82. The van der Waals surface area contributed by atoms with Crippen LogP contribution in [-0.2, 0) is 19.3 Å². The predicted octanol–water partition coefficient (Wildman–Crippen LogP) is 4.11. The number of hydrogen-bond donors (Lipinski definition) is 1. The Morgan fingerprint density at radius 1 is 1.08 bits per heavy atom. The van der Waals surface area contributed by atoms with Gasteiger partial charge in [-0.15, -0.1) is 0 Å². The summed E-state index contributed by atoms with van der Waals surface area (Å²) in [6.45, 7) is 4.11. The molecule has 1 aromatic heterocycles. The minimum Gasteiger partial charge on any atom is -0.316 e. The van der Waals surface area contributed by atoms with Crippen molar-refractivity contribution in [2.24, 2.45) is 0 Å². The lowest BCUT2D eigenvalue weighted by Gasteiger charge is -2.15. The molecule has 0 unspecified atom stereocenters. The van der Waals surface area contributed by atoms with Crippen LogP contribution < -0.4 is 5.32 Å². The van der Waals surface area contributed by atoms with Gasteiger partial charge in [-0.1, -0.05) is 48.0 Å². The van der Waals surface area contributed by atoms with Gasteiger partial charge in [-0.05, 0) is 61.7 Å². The summed E-state index contributed by atoms with van der Waals surface area (Å²) in [4.78, 5) is 0. The van der Waals surface area contributed by atoms with Crippen LogP contribution in [0.3, 0.4) is 0 Å². The van der Waals surface area contributed by atoms with E-state index in [0.29, 0.717) is 0 Å². The van der Waals surface area contributed by atoms with E-state index in [2.05, 4.69) is 48.6 Å². The Morgan fingerprint density at radius 3 is 2.72 bits per heavy atom. The monoisotopic (exact) mass is 351 g/mol. The van der Waals surface area contributed by atoms with Crippen LogP contribution in [0.15, 0.2) is 48.5 Å². The van der Waals surface area contributed by atoms with Gasteiger partial charge in [-0.3, -0.25) is 0 Å². The molecule has 1 aliphatic rings.